The molecule has 31 heavy (non-hydrogen) atoms. The number of aliphatic hydroxyl groups is 1. The zero-order valence-corrected chi connectivity index (χ0v) is 19.7. The van der Waals surface area contributed by atoms with Crippen molar-refractivity contribution in [3.8, 4) is 0 Å². The lowest BCUT2D eigenvalue weighted by atomic mass is 9.76. The van der Waals surface area contributed by atoms with Crippen molar-refractivity contribution in [1.82, 2.24) is 14.4 Å². The van der Waals surface area contributed by atoms with Crippen LogP contribution in [0.3, 0.4) is 0 Å². The lowest BCUT2D eigenvalue weighted by Gasteiger charge is -2.40. The number of pyridine rings is 1. The second-order valence-electron chi connectivity index (χ2n) is 7.74. The molecule has 0 amide bonds. The molecule has 2 aliphatic rings. The summed E-state index contributed by atoms with van der Waals surface area (Å²) in [5.41, 5.74) is 2.53. The number of hydrogen-bond donors (Lipinski definition) is 1. The van der Waals surface area contributed by atoms with Crippen LogP contribution in [0.4, 0.5) is 0 Å². The molecule has 10 heteroatoms. The number of Topliss-reactive ketones (excluding diaryl/α,β-unsaturated/α-hetero) is 1. The van der Waals surface area contributed by atoms with E-state index in [9.17, 15) is 9.90 Å². The smallest absolute Gasteiger partial charge is 0.177 e. The van der Waals surface area contributed by atoms with E-state index in [4.69, 9.17) is 21.1 Å². The van der Waals surface area contributed by atoms with Crippen LogP contribution < -0.4 is 0 Å². The van der Waals surface area contributed by atoms with Crippen LogP contribution >= 0.6 is 38.9 Å². The third kappa shape index (κ3) is 3.93. The standard InChI is InChI=1S/C21H19BrClN3O4S/c1-10-24-15(9-31-10)13-7-30-17-5-12(4-16(27)19(17)20(13)28)29-8-14-21(22)26-6-11(23)2-3-18(26)25-14/h2-3,6-7,9,12,16-17,19,27H,4-5,8H2,1H3. The highest BCUT2D eigenvalue weighted by Gasteiger charge is 2.46. The van der Waals surface area contributed by atoms with Gasteiger partial charge in [-0.2, -0.15) is 0 Å². The summed E-state index contributed by atoms with van der Waals surface area (Å²) in [6, 6.07) is 3.62. The highest BCUT2D eigenvalue weighted by Crippen LogP contribution is 2.38. The number of nitrogens with zero attached hydrogens (tertiary/aromatic N) is 3. The number of allylic oxidation sites excluding steroid dienone is 1. The van der Waals surface area contributed by atoms with Crippen LogP contribution in [0.5, 0.6) is 0 Å². The fraction of sp³-hybridized carbons (Fsp3) is 0.381. The minimum Gasteiger partial charge on any atom is -0.496 e. The van der Waals surface area contributed by atoms with Crippen LogP contribution in [0.1, 0.15) is 29.2 Å². The van der Waals surface area contributed by atoms with Crippen molar-refractivity contribution in [1.29, 1.82) is 0 Å². The SMILES string of the molecule is Cc1nc(C2=COC3CC(OCc4nc5ccc(Cl)cn5c4Br)CC(O)C3C2=O)cs1. The minimum atomic E-state index is -0.844. The maximum Gasteiger partial charge on any atom is 0.177 e. The fourth-order valence-electron chi connectivity index (χ4n) is 4.18. The Labute approximate surface area is 195 Å². The first-order chi connectivity index (χ1) is 14.9. The molecule has 4 heterocycles. The van der Waals surface area contributed by atoms with Crippen molar-refractivity contribution >= 4 is 55.9 Å². The summed E-state index contributed by atoms with van der Waals surface area (Å²) in [5.74, 6) is -0.724. The first-order valence-electron chi connectivity index (χ1n) is 9.84. The van der Waals surface area contributed by atoms with Gasteiger partial charge in [-0.15, -0.1) is 11.3 Å². The van der Waals surface area contributed by atoms with E-state index in [-0.39, 0.29) is 18.5 Å². The number of rotatable bonds is 4. The Kier molecular flexibility index (Phi) is 5.64. The quantitative estimate of drug-likeness (QED) is 0.551. The molecule has 162 valence electrons. The van der Waals surface area contributed by atoms with Crippen molar-refractivity contribution in [2.75, 3.05) is 0 Å². The molecule has 0 saturated heterocycles. The molecule has 1 aliphatic carbocycles. The van der Waals surface area contributed by atoms with Gasteiger partial charge in [0.1, 0.15) is 16.4 Å². The van der Waals surface area contributed by atoms with Gasteiger partial charge in [-0.3, -0.25) is 9.20 Å². The molecule has 3 aromatic rings. The number of aromatic nitrogens is 3. The molecule has 0 aromatic carbocycles. The summed E-state index contributed by atoms with van der Waals surface area (Å²) in [7, 11) is 0. The number of hydrogen-bond acceptors (Lipinski definition) is 7. The van der Waals surface area contributed by atoms with E-state index < -0.39 is 18.1 Å². The lowest BCUT2D eigenvalue weighted by molar-refractivity contribution is -0.142. The molecule has 4 unspecified atom stereocenters. The van der Waals surface area contributed by atoms with Crippen LogP contribution in [0.2, 0.25) is 5.02 Å². The summed E-state index contributed by atoms with van der Waals surface area (Å²) in [6.07, 6.45) is 2.62. The van der Waals surface area contributed by atoms with Crippen molar-refractivity contribution in [2.45, 2.75) is 44.7 Å². The highest BCUT2D eigenvalue weighted by atomic mass is 79.9. The zero-order chi connectivity index (χ0) is 21.7. The van der Waals surface area contributed by atoms with E-state index in [0.717, 1.165) is 21.0 Å². The molecule has 0 bridgehead atoms. The van der Waals surface area contributed by atoms with E-state index in [0.29, 0.717) is 29.1 Å². The van der Waals surface area contributed by atoms with Gasteiger partial charge in [-0.25, -0.2) is 9.97 Å². The molecule has 1 N–H and O–H groups in total. The monoisotopic (exact) mass is 523 g/mol. The average Bonchev–Trinajstić information content (AvgIpc) is 3.30. The summed E-state index contributed by atoms with van der Waals surface area (Å²) in [5, 5.41) is 14.1. The van der Waals surface area contributed by atoms with Gasteiger partial charge in [0.2, 0.25) is 0 Å². The third-order valence-electron chi connectivity index (χ3n) is 5.68. The van der Waals surface area contributed by atoms with E-state index >= 15 is 0 Å². The van der Waals surface area contributed by atoms with Crippen LogP contribution in [0, 0.1) is 12.8 Å². The van der Waals surface area contributed by atoms with Crippen LogP contribution in [0.25, 0.3) is 11.2 Å². The second kappa shape index (κ2) is 8.29. The number of ketones is 1. The maximum absolute atomic E-state index is 13.0. The molecular weight excluding hydrogens is 506 g/mol. The lowest BCUT2D eigenvalue weighted by Crippen LogP contribution is -2.49. The van der Waals surface area contributed by atoms with Gasteiger partial charge in [0, 0.05) is 24.4 Å². The van der Waals surface area contributed by atoms with Gasteiger partial charge in [0.25, 0.3) is 0 Å². The Morgan fingerprint density at radius 3 is 3.00 bits per heavy atom. The number of thiazole rings is 1. The predicted octanol–water partition coefficient (Wildman–Crippen LogP) is 4.18. The summed E-state index contributed by atoms with van der Waals surface area (Å²) in [6.45, 7) is 2.15. The average molecular weight is 525 g/mol. The fourth-order valence-corrected chi connectivity index (χ4v) is 5.44. The van der Waals surface area contributed by atoms with Crippen LogP contribution in [0.15, 0.2) is 34.6 Å². The molecule has 7 nitrogen and oxygen atoms in total. The summed E-state index contributed by atoms with van der Waals surface area (Å²) < 4.78 is 14.5. The van der Waals surface area contributed by atoms with Gasteiger partial charge < -0.3 is 14.6 Å². The van der Waals surface area contributed by atoms with Gasteiger partial charge in [-0.1, -0.05) is 11.6 Å². The Balaban J connectivity index is 1.29. The summed E-state index contributed by atoms with van der Waals surface area (Å²) >= 11 is 11.1. The number of ether oxygens (including phenoxy) is 2. The normalized spacial score (nSPS) is 25.9. The van der Waals surface area contributed by atoms with Crippen molar-refractivity contribution in [2.24, 2.45) is 5.92 Å². The number of aryl methyl sites for hydroxylation is 1. The van der Waals surface area contributed by atoms with Gasteiger partial charge in [0.05, 0.1) is 58.0 Å². The number of carbonyl (C=O) groups is 1. The second-order valence-corrected chi connectivity index (χ2v) is 9.99. The number of fused-ring (bicyclic) bond motifs is 2. The Morgan fingerprint density at radius 2 is 2.23 bits per heavy atom. The van der Waals surface area contributed by atoms with Crippen molar-refractivity contribution < 1.29 is 19.4 Å². The number of imidazole rings is 1. The molecular formula is C21H19BrClN3O4S. The Hall–Kier alpha value is -1.78. The van der Waals surface area contributed by atoms with Gasteiger partial charge in [0.15, 0.2) is 5.78 Å². The van der Waals surface area contributed by atoms with Crippen LogP contribution in [-0.2, 0) is 20.9 Å². The topological polar surface area (TPSA) is 86.0 Å². The highest BCUT2D eigenvalue weighted by molar-refractivity contribution is 9.10. The molecule has 5 rings (SSSR count). The van der Waals surface area contributed by atoms with E-state index in [1.165, 1.54) is 17.6 Å². The zero-order valence-electron chi connectivity index (χ0n) is 16.5. The minimum absolute atomic E-state index is 0.118. The molecule has 0 radical (unpaired) electrons. The Morgan fingerprint density at radius 1 is 1.39 bits per heavy atom. The largest absolute Gasteiger partial charge is 0.496 e. The molecule has 1 aliphatic heterocycles. The van der Waals surface area contributed by atoms with Crippen molar-refractivity contribution in [3.63, 3.8) is 0 Å². The number of aliphatic hydroxyl groups excluding tert-OH is 1. The summed E-state index contributed by atoms with van der Waals surface area (Å²) in [4.78, 5) is 22.0. The first kappa shape index (κ1) is 21.1. The first-order valence-corrected chi connectivity index (χ1v) is 11.9. The van der Waals surface area contributed by atoms with E-state index in [1.807, 2.05) is 22.8 Å². The molecule has 1 saturated carbocycles. The molecule has 1 fully saturated rings. The molecule has 0 spiro atoms. The van der Waals surface area contributed by atoms with Crippen molar-refractivity contribution in [3.05, 3.63) is 56.0 Å². The van der Waals surface area contributed by atoms with Gasteiger partial charge in [-0.05, 0) is 35.0 Å². The third-order valence-corrected chi connectivity index (χ3v) is 7.52. The number of halogens is 2. The van der Waals surface area contributed by atoms with Gasteiger partial charge >= 0.3 is 0 Å². The van der Waals surface area contributed by atoms with Crippen LogP contribution in [-0.4, -0.2) is 43.6 Å². The van der Waals surface area contributed by atoms with E-state index in [2.05, 4.69) is 25.9 Å². The maximum atomic E-state index is 13.0. The van der Waals surface area contributed by atoms with E-state index in [1.54, 1.807) is 12.3 Å². The molecule has 4 atom stereocenters. The predicted molar refractivity (Wildman–Crippen MR) is 120 cm³/mol. The molecule has 3 aromatic heterocycles. The number of carbonyl (C=O) groups excluding carboxylic acids is 1. The Bertz CT molecular complexity index is 1190.